The van der Waals surface area contributed by atoms with Gasteiger partial charge < -0.3 is 10.6 Å². The summed E-state index contributed by atoms with van der Waals surface area (Å²) in [5.74, 6) is 0.819. The third-order valence-electron chi connectivity index (χ3n) is 2.78. The van der Waals surface area contributed by atoms with E-state index in [2.05, 4.69) is 11.0 Å². The molecule has 3 nitrogen and oxygen atoms in total. The number of nitrogens with zero attached hydrogens (tertiary/aromatic N) is 2. The van der Waals surface area contributed by atoms with Crippen molar-refractivity contribution in [3.05, 3.63) is 23.8 Å². The Morgan fingerprint density at radius 3 is 2.87 bits per heavy atom. The second-order valence-corrected chi connectivity index (χ2v) is 4.21. The minimum Gasteiger partial charge on any atom is -0.399 e. The number of nitrogen functional groups attached to an aromatic ring is 1. The maximum absolute atomic E-state index is 9.01. The largest absolute Gasteiger partial charge is 0.399 e. The number of nitrogens with two attached hydrogens (primary N) is 1. The molecule has 0 spiro atoms. The fourth-order valence-electron chi connectivity index (χ4n) is 1.76. The van der Waals surface area contributed by atoms with Crippen LogP contribution in [0.2, 0.25) is 0 Å². The van der Waals surface area contributed by atoms with Crippen LogP contribution in [0.1, 0.15) is 18.4 Å². The van der Waals surface area contributed by atoms with Crippen LogP contribution < -0.4 is 10.6 Å². The van der Waals surface area contributed by atoms with Crippen LogP contribution in [-0.2, 0) is 0 Å². The number of nitriles is 1. The van der Waals surface area contributed by atoms with Crippen molar-refractivity contribution in [3.63, 3.8) is 0 Å². The average molecular weight is 201 g/mol. The molecule has 1 fully saturated rings. The second-order valence-electron chi connectivity index (χ2n) is 4.21. The molecule has 0 aromatic heterocycles. The van der Waals surface area contributed by atoms with Crippen LogP contribution in [0.4, 0.5) is 11.4 Å². The molecular weight excluding hydrogens is 186 g/mol. The Morgan fingerprint density at radius 2 is 2.27 bits per heavy atom. The van der Waals surface area contributed by atoms with Gasteiger partial charge in [0, 0.05) is 19.3 Å². The highest BCUT2D eigenvalue weighted by molar-refractivity contribution is 5.64. The lowest BCUT2D eigenvalue weighted by Gasteiger charge is -2.20. The van der Waals surface area contributed by atoms with E-state index in [1.165, 1.54) is 12.8 Å². The van der Waals surface area contributed by atoms with E-state index in [0.717, 1.165) is 18.2 Å². The molecule has 0 saturated heterocycles. The van der Waals surface area contributed by atoms with Gasteiger partial charge in [-0.2, -0.15) is 5.26 Å². The lowest BCUT2D eigenvalue weighted by Crippen LogP contribution is -2.20. The number of hydrogen-bond donors (Lipinski definition) is 1. The highest BCUT2D eigenvalue weighted by Gasteiger charge is 2.23. The van der Waals surface area contributed by atoms with Crippen LogP contribution in [0.15, 0.2) is 18.2 Å². The zero-order valence-electron chi connectivity index (χ0n) is 8.90. The molecule has 0 bridgehead atoms. The first-order chi connectivity index (χ1) is 7.20. The average Bonchev–Trinajstić information content (AvgIpc) is 3.01. The van der Waals surface area contributed by atoms with E-state index >= 15 is 0 Å². The molecule has 2 rings (SSSR count). The first-order valence-electron chi connectivity index (χ1n) is 5.21. The van der Waals surface area contributed by atoms with Gasteiger partial charge in [0.25, 0.3) is 0 Å². The normalized spacial score (nSPS) is 14.7. The SMILES string of the molecule is CN(CC1CC1)c1ccc(N)cc1C#N. The molecule has 2 N–H and O–H groups in total. The highest BCUT2D eigenvalue weighted by Crippen LogP contribution is 2.32. The first-order valence-corrected chi connectivity index (χ1v) is 5.21. The molecule has 78 valence electrons. The summed E-state index contributed by atoms with van der Waals surface area (Å²) in [6.45, 7) is 1.04. The van der Waals surface area contributed by atoms with Gasteiger partial charge in [0.15, 0.2) is 0 Å². The van der Waals surface area contributed by atoms with Gasteiger partial charge in [-0.15, -0.1) is 0 Å². The quantitative estimate of drug-likeness (QED) is 0.761. The number of hydrogen-bond acceptors (Lipinski definition) is 3. The molecule has 0 aliphatic heterocycles. The van der Waals surface area contributed by atoms with Crippen molar-refractivity contribution in [2.45, 2.75) is 12.8 Å². The van der Waals surface area contributed by atoms with Crippen molar-refractivity contribution < 1.29 is 0 Å². The molecule has 0 unspecified atom stereocenters. The zero-order valence-corrected chi connectivity index (χ0v) is 8.90. The van der Waals surface area contributed by atoms with Gasteiger partial charge in [-0.3, -0.25) is 0 Å². The third-order valence-corrected chi connectivity index (χ3v) is 2.78. The topological polar surface area (TPSA) is 53.0 Å². The van der Waals surface area contributed by atoms with Crippen molar-refractivity contribution in [1.82, 2.24) is 0 Å². The third kappa shape index (κ3) is 2.21. The summed E-state index contributed by atoms with van der Waals surface area (Å²) < 4.78 is 0. The molecular formula is C12H15N3. The molecule has 15 heavy (non-hydrogen) atoms. The maximum Gasteiger partial charge on any atom is 0.101 e. The van der Waals surface area contributed by atoms with Crippen LogP contribution in [0.5, 0.6) is 0 Å². The summed E-state index contributed by atoms with van der Waals surface area (Å²) in [5.41, 5.74) is 7.95. The van der Waals surface area contributed by atoms with E-state index in [9.17, 15) is 0 Å². The molecule has 0 radical (unpaired) electrons. The molecule has 1 saturated carbocycles. The Labute approximate surface area is 90.1 Å². The maximum atomic E-state index is 9.01. The molecule has 0 amide bonds. The van der Waals surface area contributed by atoms with Crippen molar-refractivity contribution >= 4 is 11.4 Å². The molecule has 1 aromatic carbocycles. The lowest BCUT2D eigenvalue weighted by molar-refractivity contribution is 0.786. The first kappa shape index (κ1) is 9.85. The monoisotopic (exact) mass is 201 g/mol. The Bertz CT molecular complexity index is 402. The van der Waals surface area contributed by atoms with Crippen molar-refractivity contribution in [3.8, 4) is 6.07 Å². The van der Waals surface area contributed by atoms with E-state index in [-0.39, 0.29) is 0 Å². The highest BCUT2D eigenvalue weighted by atomic mass is 15.1. The van der Waals surface area contributed by atoms with Gasteiger partial charge in [-0.1, -0.05) is 0 Å². The van der Waals surface area contributed by atoms with E-state index < -0.39 is 0 Å². The van der Waals surface area contributed by atoms with Gasteiger partial charge in [0.1, 0.15) is 6.07 Å². The summed E-state index contributed by atoms with van der Waals surface area (Å²) in [7, 11) is 2.03. The molecule has 0 atom stereocenters. The molecule has 3 heteroatoms. The molecule has 0 heterocycles. The summed E-state index contributed by atoms with van der Waals surface area (Å²) in [4.78, 5) is 2.15. The van der Waals surface area contributed by atoms with Gasteiger partial charge in [-0.05, 0) is 37.0 Å². The fraction of sp³-hybridized carbons (Fsp3) is 0.417. The Kier molecular flexibility index (Phi) is 2.51. The van der Waals surface area contributed by atoms with E-state index in [1.807, 2.05) is 19.2 Å². The van der Waals surface area contributed by atoms with Crippen LogP contribution >= 0.6 is 0 Å². The van der Waals surface area contributed by atoms with E-state index in [4.69, 9.17) is 11.0 Å². The molecule has 1 aliphatic carbocycles. The van der Waals surface area contributed by atoms with Crippen molar-refractivity contribution in [1.29, 1.82) is 5.26 Å². The molecule has 1 aromatic rings. The Morgan fingerprint density at radius 1 is 1.53 bits per heavy atom. The molecule has 1 aliphatic rings. The van der Waals surface area contributed by atoms with Crippen LogP contribution in [0.3, 0.4) is 0 Å². The Hall–Kier alpha value is -1.69. The minimum absolute atomic E-state index is 0.648. The Balaban J connectivity index is 2.21. The fourth-order valence-corrected chi connectivity index (χ4v) is 1.76. The van der Waals surface area contributed by atoms with Gasteiger partial charge in [-0.25, -0.2) is 0 Å². The summed E-state index contributed by atoms with van der Waals surface area (Å²) in [6.07, 6.45) is 2.64. The number of benzene rings is 1. The summed E-state index contributed by atoms with van der Waals surface area (Å²) in [6, 6.07) is 7.70. The van der Waals surface area contributed by atoms with Crippen molar-refractivity contribution in [2.75, 3.05) is 24.2 Å². The van der Waals surface area contributed by atoms with Crippen molar-refractivity contribution in [2.24, 2.45) is 5.92 Å². The van der Waals surface area contributed by atoms with Gasteiger partial charge in [0.2, 0.25) is 0 Å². The predicted octanol–water partition coefficient (Wildman–Crippen LogP) is 1.99. The van der Waals surface area contributed by atoms with Crippen LogP contribution in [0, 0.1) is 17.2 Å². The minimum atomic E-state index is 0.648. The van der Waals surface area contributed by atoms with Gasteiger partial charge >= 0.3 is 0 Å². The van der Waals surface area contributed by atoms with Gasteiger partial charge in [0.05, 0.1) is 11.3 Å². The van der Waals surface area contributed by atoms with E-state index in [0.29, 0.717) is 11.3 Å². The zero-order chi connectivity index (χ0) is 10.8. The smallest absolute Gasteiger partial charge is 0.101 e. The second kappa shape index (κ2) is 3.82. The standard InChI is InChI=1S/C12H15N3/c1-15(8-9-2-3-9)12-5-4-11(14)6-10(12)7-13/h4-6,9H,2-3,8,14H2,1H3. The number of anilines is 2. The summed E-state index contributed by atoms with van der Waals surface area (Å²) in [5, 5.41) is 9.01. The summed E-state index contributed by atoms with van der Waals surface area (Å²) >= 11 is 0. The number of rotatable bonds is 3. The predicted molar refractivity (Wildman–Crippen MR) is 61.6 cm³/mol. The van der Waals surface area contributed by atoms with E-state index in [1.54, 1.807) is 6.07 Å². The van der Waals surface area contributed by atoms with Crippen LogP contribution in [-0.4, -0.2) is 13.6 Å². The lowest BCUT2D eigenvalue weighted by atomic mass is 10.1. The van der Waals surface area contributed by atoms with Crippen LogP contribution in [0.25, 0.3) is 0 Å².